The molecular weight excluding hydrogens is 400 g/mol. The summed E-state index contributed by atoms with van der Waals surface area (Å²) in [6.07, 6.45) is 1.69. The number of hydrogen-bond acceptors (Lipinski definition) is 6. The summed E-state index contributed by atoms with van der Waals surface area (Å²) in [5.74, 6) is -0.878. The van der Waals surface area contributed by atoms with Crippen molar-refractivity contribution in [1.29, 1.82) is 0 Å². The van der Waals surface area contributed by atoms with Crippen molar-refractivity contribution >= 4 is 28.3 Å². The Morgan fingerprint density at radius 3 is 2.47 bits per heavy atom. The number of thiazole rings is 1. The van der Waals surface area contributed by atoms with Crippen molar-refractivity contribution < 1.29 is 14.3 Å². The molecule has 2 aromatic heterocycles. The zero-order valence-corrected chi connectivity index (χ0v) is 16.9. The van der Waals surface area contributed by atoms with Gasteiger partial charge in [0.1, 0.15) is 5.69 Å². The number of esters is 1. The summed E-state index contributed by atoms with van der Waals surface area (Å²) in [6.45, 7) is 1.99. The number of carbonyl (C=O) groups is 2. The van der Waals surface area contributed by atoms with Crippen LogP contribution in [0.1, 0.15) is 27.8 Å². The van der Waals surface area contributed by atoms with Gasteiger partial charge in [0.05, 0.1) is 17.9 Å². The van der Waals surface area contributed by atoms with E-state index < -0.39 is 5.97 Å². The third-order valence-electron chi connectivity index (χ3n) is 4.24. The Hall–Kier alpha value is -3.78. The maximum Gasteiger partial charge on any atom is 0.357 e. The Morgan fingerprint density at radius 2 is 1.77 bits per heavy atom. The van der Waals surface area contributed by atoms with Crippen LogP contribution in [0.3, 0.4) is 0 Å². The maximum atomic E-state index is 13.0. The number of hydrogen-bond donors (Lipinski definition) is 1. The fourth-order valence-electron chi connectivity index (χ4n) is 2.86. The van der Waals surface area contributed by atoms with Crippen LogP contribution in [-0.4, -0.2) is 33.2 Å². The first kappa shape index (κ1) is 19.5. The fraction of sp³-hybridized carbons (Fsp3) is 0.0909. The minimum atomic E-state index is -0.517. The molecule has 0 saturated heterocycles. The minimum absolute atomic E-state index is 0.167. The second-order valence-electron chi connectivity index (χ2n) is 6.25. The Morgan fingerprint density at radius 1 is 1.07 bits per heavy atom. The molecule has 0 aliphatic heterocycles. The van der Waals surface area contributed by atoms with E-state index in [-0.39, 0.29) is 18.2 Å². The van der Waals surface area contributed by atoms with Crippen molar-refractivity contribution in [1.82, 2.24) is 14.8 Å². The zero-order valence-electron chi connectivity index (χ0n) is 16.1. The molecule has 1 amide bonds. The van der Waals surface area contributed by atoms with E-state index in [2.05, 4.69) is 15.4 Å². The Kier molecular flexibility index (Phi) is 5.67. The number of rotatable bonds is 6. The van der Waals surface area contributed by atoms with E-state index in [4.69, 9.17) is 4.74 Å². The summed E-state index contributed by atoms with van der Waals surface area (Å²) in [5.41, 5.74) is 2.79. The van der Waals surface area contributed by atoms with Gasteiger partial charge in [0.25, 0.3) is 5.91 Å². The normalized spacial score (nSPS) is 10.6. The molecule has 2 aromatic carbocycles. The lowest BCUT2D eigenvalue weighted by Crippen LogP contribution is -2.13. The van der Waals surface area contributed by atoms with Crippen LogP contribution in [0.5, 0.6) is 0 Å². The molecule has 150 valence electrons. The topological polar surface area (TPSA) is 86.1 Å². The molecule has 0 atom stereocenters. The predicted molar refractivity (Wildman–Crippen MR) is 115 cm³/mol. The highest BCUT2D eigenvalue weighted by atomic mass is 32.1. The van der Waals surface area contributed by atoms with Gasteiger partial charge in [-0.3, -0.25) is 10.1 Å². The average molecular weight is 418 g/mol. The molecule has 8 heteroatoms. The molecular formula is C22H18N4O3S. The lowest BCUT2D eigenvalue weighted by atomic mass is 10.1. The number of benzene rings is 2. The second-order valence-corrected chi connectivity index (χ2v) is 7.11. The van der Waals surface area contributed by atoms with Gasteiger partial charge in [0, 0.05) is 17.1 Å². The number of carbonyl (C=O) groups excluding carboxylic acids is 2. The third kappa shape index (κ3) is 4.13. The van der Waals surface area contributed by atoms with Crippen LogP contribution >= 0.6 is 11.3 Å². The summed E-state index contributed by atoms with van der Waals surface area (Å²) in [5, 5.41) is 9.26. The monoisotopic (exact) mass is 418 g/mol. The van der Waals surface area contributed by atoms with Crippen LogP contribution in [0.25, 0.3) is 16.9 Å². The van der Waals surface area contributed by atoms with Crippen molar-refractivity contribution in [2.45, 2.75) is 6.92 Å². The van der Waals surface area contributed by atoms with E-state index in [0.717, 1.165) is 22.6 Å². The van der Waals surface area contributed by atoms with Gasteiger partial charge < -0.3 is 4.74 Å². The molecule has 0 saturated carbocycles. The lowest BCUT2D eigenvalue weighted by molar-refractivity contribution is 0.0520. The van der Waals surface area contributed by atoms with E-state index in [1.807, 2.05) is 60.7 Å². The van der Waals surface area contributed by atoms with E-state index >= 15 is 0 Å². The molecule has 0 aliphatic rings. The number of para-hydroxylation sites is 1. The van der Waals surface area contributed by atoms with Crippen LogP contribution in [0.2, 0.25) is 0 Å². The molecule has 0 radical (unpaired) electrons. The second kappa shape index (κ2) is 8.71. The molecule has 7 nitrogen and oxygen atoms in total. The number of nitrogens with one attached hydrogen (secondary N) is 1. The first-order chi connectivity index (χ1) is 14.7. The van der Waals surface area contributed by atoms with Crippen LogP contribution in [0, 0.1) is 0 Å². The minimum Gasteiger partial charge on any atom is -0.461 e. The van der Waals surface area contributed by atoms with Crippen LogP contribution in [-0.2, 0) is 4.74 Å². The largest absolute Gasteiger partial charge is 0.461 e. The number of ether oxygens (including phenoxy) is 1. The van der Waals surface area contributed by atoms with Gasteiger partial charge in [-0.25, -0.2) is 14.5 Å². The predicted octanol–water partition coefficient (Wildman–Crippen LogP) is 4.42. The Labute approximate surface area is 177 Å². The van der Waals surface area contributed by atoms with Gasteiger partial charge in [0.15, 0.2) is 10.8 Å². The third-order valence-corrected chi connectivity index (χ3v) is 4.99. The van der Waals surface area contributed by atoms with Crippen LogP contribution < -0.4 is 5.32 Å². The molecule has 0 aliphatic carbocycles. The van der Waals surface area contributed by atoms with E-state index in [0.29, 0.717) is 16.4 Å². The van der Waals surface area contributed by atoms with Crippen molar-refractivity contribution in [3.05, 3.63) is 83.5 Å². The van der Waals surface area contributed by atoms with Gasteiger partial charge in [-0.05, 0) is 19.1 Å². The molecule has 4 aromatic rings. The highest BCUT2D eigenvalue weighted by molar-refractivity contribution is 7.14. The Balaban J connectivity index is 1.66. The molecule has 0 spiro atoms. The molecule has 1 N–H and O–H groups in total. The van der Waals surface area contributed by atoms with Gasteiger partial charge in [-0.2, -0.15) is 5.10 Å². The summed E-state index contributed by atoms with van der Waals surface area (Å²) in [6, 6.07) is 19.1. The summed E-state index contributed by atoms with van der Waals surface area (Å²) in [7, 11) is 0. The Bertz CT molecular complexity index is 1170. The lowest BCUT2D eigenvalue weighted by Gasteiger charge is -2.02. The van der Waals surface area contributed by atoms with Gasteiger partial charge in [-0.1, -0.05) is 48.5 Å². The highest BCUT2D eigenvalue weighted by Crippen LogP contribution is 2.25. The number of amides is 1. The van der Waals surface area contributed by atoms with Crippen molar-refractivity contribution in [3.8, 4) is 16.9 Å². The van der Waals surface area contributed by atoms with Gasteiger partial charge in [-0.15, -0.1) is 11.3 Å². The van der Waals surface area contributed by atoms with Crippen molar-refractivity contribution in [2.24, 2.45) is 0 Å². The maximum absolute atomic E-state index is 13.0. The summed E-state index contributed by atoms with van der Waals surface area (Å²) in [4.78, 5) is 29.0. The molecule has 0 unspecified atom stereocenters. The molecule has 30 heavy (non-hydrogen) atoms. The van der Waals surface area contributed by atoms with Crippen LogP contribution in [0.4, 0.5) is 5.13 Å². The first-order valence-corrected chi connectivity index (χ1v) is 10.2. The molecule has 0 bridgehead atoms. The zero-order chi connectivity index (χ0) is 20.9. The van der Waals surface area contributed by atoms with Crippen molar-refractivity contribution in [2.75, 3.05) is 11.9 Å². The fourth-order valence-corrected chi connectivity index (χ4v) is 3.53. The van der Waals surface area contributed by atoms with Crippen molar-refractivity contribution in [3.63, 3.8) is 0 Å². The van der Waals surface area contributed by atoms with Gasteiger partial charge >= 0.3 is 5.97 Å². The SMILES string of the molecule is CCOC(=O)c1csc(NC(=O)c2cn(-c3ccccc3)nc2-c2ccccc2)n1. The summed E-state index contributed by atoms with van der Waals surface area (Å²) >= 11 is 1.16. The van der Waals surface area contributed by atoms with Gasteiger partial charge in [0.2, 0.25) is 0 Å². The smallest absolute Gasteiger partial charge is 0.357 e. The molecule has 4 rings (SSSR count). The van der Waals surface area contributed by atoms with Crippen LogP contribution in [0.15, 0.2) is 72.2 Å². The number of nitrogens with zero attached hydrogens (tertiary/aromatic N) is 3. The first-order valence-electron chi connectivity index (χ1n) is 9.30. The molecule has 0 fully saturated rings. The molecule has 2 heterocycles. The van der Waals surface area contributed by atoms with E-state index in [1.54, 1.807) is 23.2 Å². The average Bonchev–Trinajstić information content (AvgIpc) is 3.43. The van der Waals surface area contributed by atoms with E-state index in [1.165, 1.54) is 0 Å². The number of anilines is 1. The standard InChI is InChI=1S/C22H18N4O3S/c1-2-29-21(28)18-14-30-22(23-18)24-20(27)17-13-26(16-11-7-4-8-12-16)25-19(17)15-9-5-3-6-10-15/h3-14H,2H2,1H3,(H,23,24,27). The summed E-state index contributed by atoms with van der Waals surface area (Å²) < 4.78 is 6.61. The highest BCUT2D eigenvalue weighted by Gasteiger charge is 2.20. The van der Waals surface area contributed by atoms with E-state index in [9.17, 15) is 9.59 Å². The quantitative estimate of drug-likeness (QED) is 0.468. The number of aromatic nitrogens is 3.